The molecule has 0 aliphatic carbocycles. The first-order chi connectivity index (χ1) is 4.77. The number of rotatable bonds is 6. The van der Waals surface area contributed by atoms with E-state index in [0.29, 0.717) is 13.0 Å². The van der Waals surface area contributed by atoms with Crippen LogP contribution in [-0.2, 0) is 11.1 Å². The summed E-state index contributed by atoms with van der Waals surface area (Å²) in [6, 6.07) is 0. The minimum absolute atomic E-state index is 0. The summed E-state index contributed by atoms with van der Waals surface area (Å²) in [5, 5.41) is 2.99. The Hall–Kier alpha value is 1.03. The molecule has 0 amide bonds. The minimum Gasteiger partial charge on any atom is -1.00 e. The zero-order chi connectivity index (χ0) is 7.82. The maximum absolute atomic E-state index is 9.98. The second-order valence-corrected chi connectivity index (χ2v) is 2.92. The minimum atomic E-state index is -1.89. The summed E-state index contributed by atoms with van der Waals surface area (Å²) in [7, 11) is 0. The number of nitrogens with two attached hydrogens (primary N) is 1. The molecule has 0 heterocycles. The average molecular weight is 189 g/mol. The van der Waals surface area contributed by atoms with Gasteiger partial charge in [-0.25, -0.2) is 0 Å². The van der Waals surface area contributed by atoms with Crippen LogP contribution in [0, 0.1) is 0 Å². The number of hydrogen-bond donors (Lipinski definition) is 2. The van der Waals surface area contributed by atoms with Gasteiger partial charge in [-0.3, -0.25) is 4.21 Å². The van der Waals surface area contributed by atoms with Crippen LogP contribution in [-0.4, -0.2) is 34.1 Å². The summed E-state index contributed by atoms with van der Waals surface area (Å²) in [4.78, 5) is 0. The quantitative estimate of drug-likeness (QED) is 0.253. The van der Waals surface area contributed by atoms with Crippen molar-refractivity contribution in [1.29, 1.82) is 0 Å². The topological polar surface area (TPSA) is 78.2 Å². The molecule has 1 unspecified atom stereocenters. The van der Waals surface area contributed by atoms with Crippen molar-refractivity contribution in [2.24, 2.45) is 5.73 Å². The Morgan fingerprint density at radius 1 is 1.55 bits per heavy atom. The Labute approximate surface area is 93.4 Å². The molecule has 0 saturated heterocycles. The monoisotopic (exact) mass is 189 g/mol. The fourth-order valence-electron chi connectivity index (χ4n) is 0.542. The van der Waals surface area contributed by atoms with Gasteiger partial charge in [-0.15, -0.1) is 0 Å². The standard InChI is InChI=1S/C5H14N2O2S.Na.H/c6-2-4-7-3-1-5-10(8)9;;/h7H,1-6H2,(H,8,9);;/q;+1;-1/p-1. The van der Waals surface area contributed by atoms with Crippen LogP contribution in [0.15, 0.2) is 0 Å². The molecule has 3 N–H and O–H groups in total. The van der Waals surface area contributed by atoms with Crippen LogP contribution in [0.1, 0.15) is 7.85 Å². The molecule has 0 rings (SSSR count). The van der Waals surface area contributed by atoms with E-state index in [4.69, 9.17) is 5.73 Å². The number of hydrogen-bond acceptors (Lipinski definition) is 4. The molecule has 0 aliphatic rings. The van der Waals surface area contributed by atoms with Gasteiger partial charge in [0.1, 0.15) is 0 Å². The van der Waals surface area contributed by atoms with Crippen LogP contribution in [0.5, 0.6) is 0 Å². The largest absolute Gasteiger partial charge is 1.00 e. The summed E-state index contributed by atoms with van der Waals surface area (Å²) >= 11 is -1.89. The molecule has 6 heteroatoms. The van der Waals surface area contributed by atoms with E-state index in [0.717, 1.165) is 13.1 Å². The van der Waals surface area contributed by atoms with E-state index in [1.165, 1.54) is 0 Å². The Kier molecular flexibility index (Phi) is 14.6. The third kappa shape index (κ3) is 13.9. The van der Waals surface area contributed by atoms with Gasteiger partial charge in [-0.1, -0.05) is 11.1 Å². The van der Waals surface area contributed by atoms with Crippen LogP contribution in [0.4, 0.5) is 0 Å². The van der Waals surface area contributed by atoms with Crippen molar-refractivity contribution in [3.8, 4) is 0 Å². The molecular formula is C5H14N2NaO2S-. The first kappa shape index (κ1) is 14.5. The van der Waals surface area contributed by atoms with Crippen molar-refractivity contribution in [2.75, 3.05) is 25.4 Å². The fourth-order valence-corrected chi connectivity index (χ4v) is 0.922. The van der Waals surface area contributed by atoms with Crippen molar-refractivity contribution < 1.29 is 39.7 Å². The van der Waals surface area contributed by atoms with Crippen molar-refractivity contribution >= 4 is 11.1 Å². The van der Waals surface area contributed by atoms with Gasteiger partial charge < -0.3 is 17.0 Å². The molecule has 11 heavy (non-hydrogen) atoms. The van der Waals surface area contributed by atoms with Crippen molar-refractivity contribution in [1.82, 2.24) is 5.32 Å². The predicted molar refractivity (Wildman–Crippen MR) is 41.4 cm³/mol. The van der Waals surface area contributed by atoms with Gasteiger partial charge in [0.2, 0.25) is 0 Å². The summed E-state index contributed by atoms with van der Waals surface area (Å²) in [6.07, 6.45) is 0.663. The van der Waals surface area contributed by atoms with Crippen LogP contribution in [0.3, 0.4) is 0 Å². The van der Waals surface area contributed by atoms with Crippen molar-refractivity contribution in [2.45, 2.75) is 6.42 Å². The summed E-state index contributed by atoms with van der Waals surface area (Å²) < 4.78 is 20.0. The average Bonchev–Trinajstić information content (AvgIpc) is 1.87. The van der Waals surface area contributed by atoms with Crippen LogP contribution >= 0.6 is 0 Å². The predicted octanol–water partition coefficient (Wildman–Crippen LogP) is -4.08. The Bertz CT molecular complexity index is 109. The summed E-state index contributed by atoms with van der Waals surface area (Å²) in [5.41, 5.74) is 5.19. The molecule has 0 aromatic carbocycles. The molecule has 0 aliphatic heterocycles. The summed E-state index contributed by atoms with van der Waals surface area (Å²) in [5.74, 6) is 0.234. The zero-order valence-corrected chi connectivity index (χ0v) is 9.65. The fraction of sp³-hybridized carbons (Fsp3) is 1.00. The first-order valence-electron chi connectivity index (χ1n) is 3.24. The normalized spacial score (nSPS) is 12.2. The summed E-state index contributed by atoms with van der Waals surface area (Å²) in [6.45, 7) is 2.08. The van der Waals surface area contributed by atoms with E-state index >= 15 is 0 Å². The van der Waals surface area contributed by atoms with E-state index in [1.54, 1.807) is 0 Å². The van der Waals surface area contributed by atoms with Gasteiger partial charge in [0, 0.05) is 18.8 Å². The first-order valence-corrected chi connectivity index (χ1v) is 4.48. The molecule has 0 aromatic heterocycles. The zero-order valence-electron chi connectivity index (χ0n) is 7.84. The molecule has 4 nitrogen and oxygen atoms in total. The maximum Gasteiger partial charge on any atom is 1.00 e. The van der Waals surface area contributed by atoms with Crippen LogP contribution in [0.2, 0.25) is 0 Å². The molecular weight excluding hydrogens is 175 g/mol. The Morgan fingerprint density at radius 2 is 2.18 bits per heavy atom. The molecule has 0 radical (unpaired) electrons. The second-order valence-electron chi connectivity index (χ2n) is 1.90. The van der Waals surface area contributed by atoms with Gasteiger partial charge in [0.25, 0.3) is 0 Å². The smallest absolute Gasteiger partial charge is 1.00 e. The Morgan fingerprint density at radius 3 is 2.64 bits per heavy atom. The molecule has 0 bridgehead atoms. The van der Waals surface area contributed by atoms with Crippen molar-refractivity contribution in [3.63, 3.8) is 0 Å². The van der Waals surface area contributed by atoms with Crippen molar-refractivity contribution in [3.05, 3.63) is 0 Å². The molecule has 64 valence electrons. The number of nitrogens with one attached hydrogen (secondary N) is 1. The molecule has 0 aromatic rings. The van der Waals surface area contributed by atoms with E-state index in [1.807, 2.05) is 0 Å². The third-order valence-corrected chi connectivity index (χ3v) is 1.61. The van der Waals surface area contributed by atoms with E-state index in [2.05, 4.69) is 5.32 Å². The van der Waals surface area contributed by atoms with Crippen LogP contribution < -0.4 is 40.6 Å². The van der Waals surface area contributed by atoms with E-state index in [9.17, 15) is 8.76 Å². The molecule has 0 fully saturated rings. The molecule has 0 saturated carbocycles. The van der Waals surface area contributed by atoms with Gasteiger partial charge in [-0.05, 0) is 13.0 Å². The van der Waals surface area contributed by atoms with E-state index in [-0.39, 0.29) is 36.7 Å². The SMILES string of the molecule is NCCNCCCS(=O)[O-].[H-].[Na+]. The van der Waals surface area contributed by atoms with Gasteiger partial charge in [0.05, 0.1) is 0 Å². The van der Waals surface area contributed by atoms with E-state index < -0.39 is 11.1 Å². The van der Waals surface area contributed by atoms with Gasteiger partial charge in [0.15, 0.2) is 0 Å². The molecule has 0 spiro atoms. The molecule has 1 atom stereocenters. The third-order valence-electron chi connectivity index (χ3n) is 0.986. The van der Waals surface area contributed by atoms with Crippen LogP contribution in [0.25, 0.3) is 0 Å². The van der Waals surface area contributed by atoms with Gasteiger partial charge in [-0.2, -0.15) is 0 Å². The maximum atomic E-state index is 9.98. The second kappa shape index (κ2) is 11.0. The van der Waals surface area contributed by atoms with Gasteiger partial charge >= 0.3 is 29.6 Å². The Balaban J connectivity index is -0.000000405.